The van der Waals surface area contributed by atoms with E-state index in [2.05, 4.69) is 40.4 Å². The summed E-state index contributed by atoms with van der Waals surface area (Å²) in [6.45, 7) is 7.52. The van der Waals surface area contributed by atoms with Gasteiger partial charge in [0.15, 0.2) is 5.96 Å². The lowest BCUT2D eigenvalue weighted by molar-refractivity contribution is 0.406. The zero-order valence-electron chi connectivity index (χ0n) is 17.8. The van der Waals surface area contributed by atoms with Gasteiger partial charge in [-0.2, -0.15) is 0 Å². The van der Waals surface area contributed by atoms with Gasteiger partial charge in [0.1, 0.15) is 11.6 Å². The first kappa shape index (κ1) is 24.5. The second kappa shape index (κ2) is 12.2. The maximum atomic E-state index is 6.30. The van der Waals surface area contributed by atoms with Crippen molar-refractivity contribution < 1.29 is 4.74 Å². The number of nitrogens with zero attached hydrogens (tertiary/aromatic N) is 3. The van der Waals surface area contributed by atoms with E-state index in [1.165, 1.54) is 5.56 Å². The van der Waals surface area contributed by atoms with Crippen molar-refractivity contribution in [3.63, 3.8) is 0 Å². The Morgan fingerprint density at radius 2 is 2.13 bits per heavy atom. The van der Waals surface area contributed by atoms with Gasteiger partial charge in [0.05, 0.1) is 12.1 Å². The molecule has 2 unspecified atom stereocenters. The van der Waals surface area contributed by atoms with Gasteiger partial charge in [0, 0.05) is 44.3 Å². The number of guanidine groups is 1. The van der Waals surface area contributed by atoms with E-state index >= 15 is 0 Å². The van der Waals surface area contributed by atoms with Gasteiger partial charge in [0.2, 0.25) is 0 Å². The molecule has 0 bridgehead atoms. The molecule has 0 aliphatic carbocycles. The molecule has 30 heavy (non-hydrogen) atoms. The van der Waals surface area contributed by atoms with Crippen LogP contribution in [0.2, 0.25) is 5.02 Å². The summed E-state index contributed by atoms with van der Waals surface area (Å²) in [6.07, 6.45) is 2.80. The smallest absolute Gasteiger partial charge is 0.191 e. The first-order chi connectivity index (χ1) is 14.1. The number of benzene rings is 1. The highest BCUT2D eigenvalue weighted by atomic mass is 127. The number of rotatable bonds is 7. The molecular formula is C22H31ClIN5O. The molecule has 2 atom stereocenters. The number of hydrogen-bond acceptors (Lipinski definition) is 4. The van der Waals surface area contributed by atoms with Gasteiger partial charge in [-0.25, -0.2) is 4.98 Å². The Labute approximate surface area is 201 Å². The van der Waals surface area contributed by atoms with Crippen molar-refractivity contribution in [3.05, 3.63) is 53.2 Å². The van der Waals surface area contributed by atoms with E-state index < -0.39 is 0 Å². The number of nitrogens with one attached hydrogen (secondary N) is 2. The number of para-hydroxylation sites is 1. The van der Waals surface area contributed by atoms with Gasteiger partial charge in [-0.3, -0.25) is 4.99 Å². The maximum Gasteiger partial charge on any atom is 0.191 e. The Hall–Kier alpha value is -1.74. The minimum atomic E-state index is 0. The molecule has 1 aliphatic rings. The number of anilines is 1. The molecule has 1 aromatic heterocycles. The lowest BCUT2D eigenvalue weighted by Crippen LogP contribution is -2.44. The van der Waals surface area contributed by atoms with Crippen molar-refractivity contribution >= 4 is 47.4 Å². The standard InChI is InChI=1S/C22H30ClN5O.HI/c1-4-24-22(26-14-16(2)18-8-5-6-10-20(18)29-3)27-17-11-13-28(15-17)21-19(23)9-7-12-25-21;/h5-10,12,16-17H,4,11,13-15H2,1-3H3,(H2,24,26,27);1H. The van der Waals surface area contributed by atoms with Crippen molar-refractivity contribution in [2.45, 2.75) is 32.2 Å². The molecule has 3 rings (SSSR count). The highest BCUT2D eigenvalue weighted by Gasteiger charge is 2.25. The van der Waals surface area contributed by atoms with Crippen LogP contribution in [0.3, 0.4) is 0 Å². The van der Waals surface area contributed by atoms with E-state index in [1.807, 2.05) is 30.3 Å². The topological polar surface area (TPSA) is 61.8 Å². The number of halogens is 2. The SMILES string of the molecule is CCNC(=NCC(C)c1ccccc1OC)NC1CCN(c2ncccc2Cl)C1.I. The second-order valence-corrected chi connectivity index (χ2v) is 7.65. The van der Waals surface area contributed by atoms with Crippen LogP contribution in [0.25, 0.3) is 0 Å². The molecule has 0 amide bonds. The van der Waals surface area contributed by atoms with Crippen molar-refractivity contribution in [2.75, 3.05) is 38.2 Å². The van der Waals surface area contributed by atoms with Crippen molar-refractivity contribution in [2.24, 2.45) is 4.99 Å². The fourth-order valence-electron chi connectivity index (χ4n) is 3.59. The van der Waals surface area contributed by atoms with E-state index in [0.717, 1.165) is 43.6 Å². The van der Waals surface area contributed by atoms with Crippen LogP contribution in [0.1, 0.15) is 31.7 Å². The number of aromatic nitrogens is 1. The summed E-state index contributed by atoms with van der Waals surface area (Å²) in [4.78, 5) is 11.5. The summed E-state index contributed by atoms with van der Waals surface area (Å²) < 4.78 is 5.49. The number of methoxy groups -OCH3 is 1. The molecule has 164 valence electrons. The van der Waals surface area contributed by atoms with E-state index in [4.69, 9.17) is 21.3 Å². The van der Waals surface area contributed by atoms with Crippen molar-refractivity contribution in [3.8, 4) is 5.75 Å². The summed E-state index contributed by atoms with van der Waals surface area (Å²) in [5, 5.41) is 7.62. The van der Waals surface area contributed by atoms with E-state index in [0.29, 0.717) is 17.6 Å². The Balaban J connectivity index is 0.00000320. The number of aliphatic imine (C=N–C) groups is 1. The van der Waals surface area contributed by atoms with E-state index in [1.54, 1.807) is 13.3 Å². The van der Waals surface area contributed by atoms with Crippen LogP contribution in [-0.2, 0) is 0 Å². The minimum Gasteiger partial charge on any atom is -0.496 e. The van der Waals surface area contributed by atoms with Gasteiger partial charge in [-0.05, 0) is 37.1 Å². The Morgan fingerprint density at radius 3 is 2.87 bits per heavy atom. The van der Waals surface area contributed by atoms with Crippen LogP contribution in [0.4, 0.5) is 5.82 Å². The zero-order chi connectivity index (χ0) is 20.6. The van der Waals surface area contributed by atoms with Crippen LogP contribution in [-0.4, -0.2) is 50.3 Å². The summed E-state index contributed by atoms with van der Waals surface area (Å²) in [5.41, 5.74) is 1.17. The summed E-state index contributed by atoms with van der Waals surface area (Å²) in [6, 6.07) is 12.2. The lowest BCUT2D eigenvalue weighted by atomic mass is 10.0. The molecular weight excluding hydrogens is 513 g/mol. The fraction of sp³-hybridized carbons (Fsp3) is 0.455. The quantitative estimate of drug-likeness (QED) is 0.310. The molecule has 0 radical (unpaired) electrons. The number of pyridine rings is 1. The van der Waals surface area contributed by atoms with Crippen molar-refractivity contribution in [1.82, 2.24) is 15.6 Å². The largest absolute Gasteiger partial charge is 0.496 e. The van der Waals surface area contributed by atoms with Gasteiger partial charge in [0.25, 0.3) is 0 Å². The molecule has 1 saturated heterocycles. The summed E-state index contributed by atoms with van der Waals surface area (Å²) >= 11 is 6.30. The second-order valence-electron chi connectivity index (χ2n) is 7.25. The minimum absolute atomic E-state index is 0. The third-order valence-corrected chi connectivity index (χ3v) is 5.40. The normalized spacial score (nSPS) is 17.3. The summed E-state index contributed by atoms with van der Waals surface area (Å²) in [5.74, 6) is 2.86. The van der Waals surface area contributed by atoms with Crippen molar-refractivity contribution in [1.29, 1.82) is 0 Å². The van der Waals surface area contributed by atoms with Crippen LogP contribution < -0.4 is 20.3 Å². The third kappa shape index (κ3) is 6.38. The average Bonchev–Trinajstić information content (AvgIpc) is 3.20. The van der Waals surface area contributed by atoms with Crippen LogP contribution >= 0.6 is 35.6 Å². The predicted molar refractivity (Wildman–Crippen MR) is 136 cm³/mol. The number of hydrogen-bond donors (Lipinski definition) is 2. The molecule has 2 heterocycles. The zero-order valence-corrected chi connectivity index (χ0v) is 20.9. The van der Waals surface area contributed by atoms with Crippen LogP contribution in [0.5, 0.6) is 5.75 Å². The fourth-order valence-corrected chi connectivity index (χ4v) is 3.84. The van der Waals surface area contributed by atoms with E-state index in [9.17, 15) is 0 Å². The van der Waals surface area contributed by atoms with Crippen LogP contribution in [0, 0.1) is 0 Å². The monoisotopic (exact) mass is 543 g/mol. The molecule has 2 aromatic rings. The van der Waals surface area contributed by atoms with Crippen LogP contribution in [0.15, 0.2) is 47.6 Å². The number of ether oxygens (including phenoxy) is 1. The molecule has 1 fully saturated rings. The molecule has 8 heteroatoms. The average molecular weight is 544 g/mol. The van der Waals surface area contributed by atoms with Gasteiger partial charge < -0.3 is 20.3 Å². The van der Waals surface area contributed by atoms with E-state index in [-0.39, 0.29) is 29.9 Å². The highest BCUT2D eigenvalue weighted by molar-refractivity contribution is 14.0. The molecule has 0 saturated carbocycles. The molecule has 1 aromatic carbocycles. The molecule has 0 spiro atoms. The third-order valence-electron chi connectivity index (χ3n) is 5.11. The Bertz CT molecular complexity index is 835. The first-order valence-corrected chi connectivity index (χ1v) is 10.5. The van der Waals surface area contributed by atoms with Gasteiger partial charge in [-0.1, -0.05) is 36.7 Å². The van der Waals surface area contributed by atoms with Gasteiger partial charge >= 0.3 is 0 Å². The Morgan fingerprint density at radius 1 is 1.33 bits per heavy atom. The maximum absolute atomic E-state index is 6.30. The summed E-state index contributed by atoms with van der Waals surface area (Å²) in [7, 11) is 1.71. The molecule has 2 N–H and O–H groups in total. The van der Waals surface area contributed by atoms with Gasteiger partial charge in [-0.15, -0.1) is 24.0 Å². The Kier molecular flexibility index (Phi) is 9.97. The highest BCUT2D eigenvalue weighted by Crippen LogP contribution is 2.27. The lowest BCUT2D eigenvalue weighted by Gasteiger charge is -2.21. The molecule has 6 nitrogen and oxygen atoms in total. The first-order valence-electron chi connectivity index (χ1n) is 10.2. The molecule has 1 aliphatic heterocycles. The predicted octanol–water partition coefficient (Wildman–Crippen LogP) is 4.30.